The van der Waals surface area contributed by atoms with Crippen molar-refractivity contribution in [1.82, 2.24) is 0 Å². The monoisotopic (exact) mass is 162 g/mol. The molecule has 0 aromatic heterocycles. The van der Waals surface area contributed by atoms with Gasteiger partial charge >= 0.3 is 0 Å². The van der Waals surface area contributed by atoms with E-state index < -0.39 is 11.1 Å². The number of rotatable bonds is 2. The SMILES string of the molecule is C#CC(C)(C)/N=N/C(C)(C)C#C. The van der Waals surface area contributed by atoms with Gasteiger partial charge in [-0.1, -0.05) is 11.8 Å². The summed E-state index contributed by atoms with van der Waals surface area (Å²) in [5, 5.41) is 7.93. The Kier molecular flexibility index (Phi) is 3.05. The topological polar surface area (TPSA) is 24.7 Å². The fourth-order valence-corrected chi connectivity index (χ4v) is 0.308. The zero-order valence-corrected chi connectivity index (χ0v) is 8.05. The lowest BCUT2D eigenvalue weighted by Crippen LogP contribution is -2.17. The van der Waals surface area contributed by atoms with E-state index in [-0.39, 0.29) is 0 Å². The zero-order valence-electron chi connectivity index (χ0n) is 8.05. The van der Waals surface area contributed by atoms with E-state index in [9.17, 15) is 0 Å². The third-order valence-electron chi connectivity index (χ3n) is 1.26. The van der Waals surface area contributed by atoms with Crippen molar-refractivity contribution in [3.63, 3.8) is 0 Å². The van der Waals surface area contributed by atoms with Crippen molar-refractivity contribution in [3.8, 4) is 24.7 Å². The smallest absolute Gasteiger partial charge is 0.136 e. The summed E-state index contributed by atoms with van der Waals surface area (Å²) in [6, 6.07) is 0. The van der Waals surface area contributed by atoms with Gasteiger partial charge in [-0.3, -0.25) is 0 Å². The van der Waals surface area contributed by atoms with Crippen LogP contribution in [0.5, 0.6) is 0 Å². The minimum absolute atomic E-state index is 0.561. The summed E-state index contributed by atoms with van der Waals surface area (Å²) in [4.78, 5) is 0. The molecule has 2 heteroatoms. The molecule has 0 radical (unpaired) electrons. The maximum absolute atomic E-state index is 5.22. The standard InChI is InChI=1S/C10H14N2/c1-7-9(3,4)11-12-10(5,6)8-2/h1-2H,3-6H3/b12-11+. The van der Waals surface area contributed by atoms with E-state index in [1.54, 1.807) is 0 Å². The normalized spacial score (nSPS) is 12.5. The van der Waals surface area contributed by atoms with Gasteiger partial charge in [0.15, 0.2) is 0 Å². The fraction of sp³-hybridized carbons (Fsp3) is 0.600. The van der Waals surface area contributed by atoms with Crippen LogP contribution in [0, 0.1) is 24.7 Å². The molecular formula is C10H14N2. The molecule has 0 aliphatic rings. The Morgan fingerprint density at radius 1 is 0.833 bits per heavy atom. The van der Waals surface area contributed by atoms with Crippen LogP contribution >= 0.6 is 0 Å². The minimum Gasteiger partial charge on any atom is -0.173 e. The predicted molar refractivity (Wildman–Crippen MR) is 50.7 cm³/mol. The molecular weight excluding hydrogens is 148 g/mol. The maximum atomic E-state index is 5.22. The van der Waals surface area contributed by atoms with Gasteiger partial charge in [0.25, 0.3) is 0 Å². The lowest BCUT2D eigenvalue weighted by molar-refractivity contribution is 0.549. The van der Waals surface area contributed by atoms with Crippen molar-refractivity contribution in [2.24, 2.45) is 10.2 Å². The number of azo groups is 1. The third kappa shape index (κ3) is 3.78. The summed E-state index contributed by atoms with van der Waals surface area (Å²) in [6.45, 7) is 7.23. The number of hydrogen-bond donors (Lipinski definition) is 0. The van der Waals surface area contributed by atoms with Crippen molar-refractivity contribution < 1.29 is 0 Å². The van der Waals surface area contributed by atoms with E-state index in [0.717, 1.165) is 0 Å². The molecule has 2 nitrogen and oxygen atoms in total. The van der Waals surface area contributed by atoms with Crippen molar-refractivity contribution in [3.05, 3.63) is 0 Å². The van der Waals surface area contributed by atoms with Gasteiger partial charge in [0.2, 0.25) is 0 Å². The molecule has 0 heterocycles. The van der Waals surface area contributed by atoms with Crippen LogP contribution in [0.15, 0.2) is 10.2 Å². The van der Waals surface area contributed by atoms with Crippen molar-refractivity contribution in [1.29, 1.82) is 0 Å². The van der Waals surface area contributed by atoms with E-state index in [0.29, 0.717) is 0 Å². The first kappa shape index (κ1) is 10.7. The Labute approximate surface area is 74.5 Å². The molecule has 64 valence electrons. The summed E-state index contributed by atoms with van der Waals surface area (Å²) in [5.74, 6) is 5.02. The molecule has 0 saturated heterocycles. The zero-order chi connectivity index (χ0) is 9.83. The molecule has 0 aliphatic heterocycles. The van der Waals surface area contributed by atoms with Crippen LogP contribution in [0.25, 0.3) is 0 Å². The largest absolute Gasteiger partial charge is 0.173 e. The fourth-order valence-electron chi connectivity index (χ4n) is 0.308. The van der Waals surface area contributed by atoms with E-state index >= 15 is 0 Å². The lowest BCUT2D eigenvalue weighted by Gasteiger charge is -2.13. The molecule has 0 fully saturated rings. The molecule has 0 bridgehead atoms. The quantitative estimate of drug-likeness (QED) is 0.439. The van der Waals surface area contributed by atoms with Crippen LogP contribution in [0.1, 0.15) is 27.7 Å². The second kappa shape index (κ2) is 3.41. The van der Waals surface area contributed by atoms with Crippen molar-refractivity contribution in [2.75, 3.05) is 0 Å². The molecule has 0 aromatic rings. The molecule has 0 spiro atoms. The van der Waals surface area contributed by atoms with Crippen LogP contribution in [0.2, 0.25) is 0 Å². The number of hydrogen-bond acceptors (Lipinski definition) is 2. The minimum atomic E-state index is -0.561. The Morgan fingerprint density at radius 2 is 1.08 bits per heavy atom. The van der Waals surface area contributed by atoms with Crippen LogP contribution in [0.3, 0.4) is 0 Å². The highest BCUT2D eigenvalue weighted by molar-refractivity contribution is 5.10. The Balaban J connectivity index is 4.50. The molecule has 0 unspecified atom stereocenters. The van der Waals surface area contributed by atoms with Crippen LogP contribution in [-0.4, -0.2) is 11.1 Å². The highest BCUT2D eigenvalue weighted by Crippen LogP contribution is 2.13. The number of nitrogens with zero attached hydrogens (tertiary/aromatic N) is 2. The van der Waals surface area contributed by atoms with Gasteiger partial charge in [-0.05, 0) is 27.7 Å². The average Bonchev–Trinajstić information content (AvgIpc) is 2.02. The molecule has 0 rings (SSSR count). The Bertz CT molecular complexity index is 231. The van der Waals surface area contributed by atoms with Crippen LogP contribution < -0.4 is 0 Å². The molecule has 12 heavy (non-hydrogen) atoms. The van der Waals surface area contributed by atoms with E-state index in [2.05, 4.69) is 22.1 Å². The molecule has 0 aromatic carbocycles. The second-order valence-corrected chi connectivity index (χ2v) is 3.61. The van der Waals surface area contributed by atoms with E-state index in [1.165, 1.54) is 0 Å². The molecule has 0 atom stereocenters. The van der Waals surface area contributed by atoms with Crippen molar-refractivity contribution in [2.45, 2.75) is 38.8 Å². The molecule has 0 amide bonds. The Hall–Kier alpha value is -1.28. The second-order valence-electron chi connectivity index (χ2n) is 3.61. The van der Waals surface area contributed by atoms with Gasteiger partial charge in [0.1, 0.15) is 11.1 Å². The Morgan fingerprint density at radius 3 is 1.25 bits per heavy atom. The number of terminal acetylenes is 2. The van der Waals surface area contributed by atoms with Gasteiger partial charge in [-0.25, -0.2) is 0 Å². The first-order chi connectivity index (χ1) is 5.33. The van der Waals surface area contributed by atoms with Gasteiger partial charge < -0.3 is 0 Å². The summed E-state index contributed by atoms with van der Waals surface area (Å²) in [6.07, 6.45) is 10.4. The predicted octanol–water partition coefficient (Wildman–Crippen LogP) is 2.26. The molecule has 0 saturated carbocycles. The summed E-state index contributed by atoms with van der Waals surface area (Å²) in [7, 11) is 0. The van der Waals surface area contributed by atoms with Crippen LogP contribution in [0.4, 0.5) is 0 Å². The molecule has 0 aliphatic carbocycles. The molecule has 0 N–H and O–H groups in total. The van der Waals surface area contributed by atoms with Gasteiger partial charge in [-0.2, -0.15) is 10.2 Å². The summed E-state index contributed by atoms with van der Waals surface area (Å²) >= 11 is 0. The summed E-state index contributed by atoms with van der Waals surface area (Å²) in [5.41, 5.74) is -1.12. The van der Waals surface area contributed by atoms with Gasteiger partial charge in [0.05, 0.1) is 0 Å². The lowest BCUT2D eigenvalue weighted by atomic mass is 10.1. The van der Waals surface area contributed by atoms with E-state index in [4.69, 9.17) is 12.8 Å². The van der Waals surface area contributed by atoms with Gasteiger partial charge in [-0.15, -0.1) is 12.8 Å². The van der Waals surface area contributed by atoms with Crippen molar-refractivity contribution >= 4 is 0 Å². The van der Waals surface area contributed by atoms with E-state index in [1.807, 2.05) is 27.7 Å². The highest BCUT2D eigenvalue weighted by atomic mass is 15.2. The summed E-state index contributed by atoms with van der Waals surface area (Å²) < 4.78 is 0. The first-order valence-electron chi connectivity index (χ1n) is 3.72. The third-order valence-corrected chi connectivity index (χ3v) is 1.26. The van der Waals surface area contributed by atoms with Gasteiger partial charge in [0, 0.05) is 0 Å². The maximum Gasteiger partial charge on any atom is 0.136 e. The highest BCUT2D eigenvalue weighted by Gasteiger charge is 2.16. The van der Waals surface area contributed by atoms with Crippen LogP contribution in [-0.2, 0) is 0 Å². The first-order valence-corrected chi connectivity index (χ1v) is 3.72. The average molecular weight is 162 g/mol.